The first-order valence-corrected chi connectivity index (χ1v) is 5.94. The Kier molecular flexibility index (Phi) is 2.76. The first kappa shape index (κ1) is 11.5. The van der Waals surface area contributed by atoms with E-state index >= 15 is 0 Å². The SMILES string of the molecule is Nc1cc(CC(=O)c2coc3ccccc23)ccn1. The summed E-state index contributed by atoms with van der Waals surface area (Å²) in [5.41, 5.74) is 7.78. The molecule has 0 bridgehead atoms. The van der Waals surface area contributed by atoms with Gasteiger partial charge in [0, 0.05) is 18.0 Å². The van der Waals surface area contributed by atoms with Gasteiger partial charge in [0.05, 0.1) is 5.56 Å². The van der Waals surface area contributed by atoms with E-state index in [1.807, 2.05) is 24.3 Å². The molecule has 4 nitrogen and oxygen atoms in total. The van der Waals surface area contributed by atoms with Crippen molar-refractivity contribution < 1.29 is 9.21 Å². The minimum Gasteiger partial charge on any atom is -0.464 e. The lowest BCUT2D eigenvalue weighted by Crippen LogP contribution is -2.03. The van der Waals surface area contributed by atoms with Crippen LogP contribution in [0.2, 0.25) is 0 Å². The highest BCUT2D eigenvalue weighted by molar-refractivity contribution is 6.07. The highest BCUT2D eigenvalue weighted by Crippen LogP contribution is 2.22. The van der Waals surface area contributed by atoms with Crippen molar-refractivity contribution in [1.29, 1.82) is 0 Å². The van der Waals surface area contributed by atoms with E-state index in [0.29, 0.717) is 11.4 Å². The van der Waals surface area contributed by atoms with Crippen molar-refractivity contribution in [3.05, 3.63) is 60.0 Å². The monoisotopic (exact) mass is 252 g/mol. The maximum Gasteiger partial charge on any atom is 0.171 e. The average molecular weight is 252 g/mol. The maximum absolute atomic E-state index is 12.3. The summed E-state index contributed by atoms with van der Waals surface area (Å²) in [5.74, 6) is 0.429. The van der Waals surface area contributed by atoms with E-state index in [-0.39, 0.29) is 12.2 Å². The van der Waals surface area contributed by atoms with Gasteiger partial charge in [-0.05, 0) is 23.8 Å². The van der Waals surface area contributed by atoms with Crippen molar-refractivity contribution in [2.24, 2.45) is 0 Å². The van der Waals surface area contributed by atoms with Crippen molar-refractivity contribution in [3.63, 3.8) is 0 Å². The highest BCUT2D eigenvalue weighted by Gasteiger charge is 2.13. The summed E-state index contributed by atoms with van der Waals surface area (Å²) in [6.45, 7) is 0. The molecule has 3 rings (SSSR count). The van der Waals surface area contributed by atoms with Crippen LogP contribution in [0.4, 0.5) is 5.82 Å². The van der Waals surface area contributed by atoms with Crippen LogP contribution in [0.15, 0.2) is 53.3 Å². The largest absolute Gasteiger partial charge is 0.464 e. The Bertz CT molecular complexity index is 746. The number of benzene rings is 1. The second-order valence-electron chi connectivity index (χ2n) is 4.33. The molecule has 0 saturated carbocycles. The molecule has 94 valence electrons. The summed E-state index contributed by atoms with van der Waals surface area (Å²) < 4.78 is 5.37. The number of hydrogen-bond acceptors (Lipinski definition) is 4. The van der Waals surface area contributed by atoms with Crippen LogP contribution in [0.1, 0.15) is 15.9 Å². The number of hydrogen-bond donors (Lipinski definition) is 1. The van der Waals surface area contributed by atoms with Crippen molar-refractivity contribution in [2.75, 3.05) is 5.73 Å². The first-order valence-electron chi connectivity index (χ1n) is 5.94. The fourth-order valence-corrected chi connectivity index (χ4v) is 2.08. The molecule has 0 radical (unpaired) electrons. The molecule has 3 aromatic rings. The molecule has 1 aromatic carbocycles. The normalized spacial score (nSPS) is 10.7. The third kappa shape index (κ3) is 2.20. The lowest BCUT2D eigenvalue weighted by atomic mass is 10.0. The number of nitrogen functional groups attached to an aromatic ring is 1. The molecule has 2 aromatic heterocycles. The van der Waals surface area contributed by atoms with Gasteiger partial charge >= 0.3 is 0 Å². The number of nitrogens with zero attached hydrogens (tertiary/aromatic N) is 1. The second-order valence-corrected chi connectivity index (χ2v) is 4.33. The number of carbonyl (C=O) groups excluding carboxylic acids is 1. The number of rotatable bonds is 3. The Hall–Kier alpha value is -2.62. The summed E-state index contributed by atoms with van der Waals surface area (Å²) in [4.78, 5) is 16.2. The Morgan fingerprint density at radius 1 is 1.26 bits per heavy atom. The van der Waals surface area contributed by atoms with Gasteiger partial charge < -0.3 is 10.2 Å². The molecule has 0 atom stereocenters. The number of anilines is 1. The van der Waals surface area contributed by atoms with Crippen LogP contribution < -0.4 is 5.73 Å². The van der Waals surface area contributed by atoms with Gasteiger partial charge in [0.2, 0.25) is 0 Å². The summed E-state index contributed by atoms with van der Waals surface area (Å²) in [5, 5.41) is 0.842. The van der Waals surface area contributed by atoms with E-state index in [9.17, 15) is 4.79 Å². The van der Waals surface area contributed by atoms with Crippen LogP contribution in [0.5, 0.6) is 0 Å². The Balaban J connectivity index is 1.92. The number of carbonyl (C=O) groups is 1. The Labute approximate surface area is 109 Å². The summed E-state index contributed by atoms with van der Waals surface area (Å²) in [6, 6.07) is 11.0. The Morgan fingerprint density at radius 3 is 2.95 bits per heavy atom. The van der Waals surface area contributed by atoms with Crippen LogP contribution in [0.25, 0.3) is 11.0 Å². The molecule has 2 N–H and O–H groups in total. The van der Waals surface area contributed by atoms with Gasteiger partial charge in [-0.15, -0.1) is 0 Å². The van der Waals surface area contributed by atoms with Gasteiger partial charge in [0.15, 0.2) is 5.78 Å². The minimum atomic E-state index is 0.00977. The van der Waals surface area contributed by atoms with Crippen LogP contribution >= 0.6 is 0 Å². The molecule has 0 fully saturated rings. The highest BCUT2D eigenvalue weighted by atomic mass is 16.3. The van der Waals surface area contributed by atoms with E-state index in [2.05, 4.69) is 4.98 Å². The summed E-state index contributed by atoms with van der Waals surface area (Å²) in [7, 11) is 0. The minimum absolute atomic E-state index is 0.00977. The van der Waals surface area contributed by atoms with Gasteiger partial charge in [-0.1, -0.05) is 18.2 Å². The van der Waals surface area contributed by atoms with Crippen LogP contribution in [-0.4, -0.2) is 10.8 Å². The molecular formula is C15H12N2O2. The zero-order valence-corrected chi connectivity index (χ0v) is 10.2. The molecule has 0 saturated heterocycles. The molecule has 0 amide bonds. The smallest absolute Gasteiger partial charge is 0.171 e. The molecule has 0 aliphatic heterocycles. The molecule has 19 heavy (non-hydrogen) atoms. The van der Waals surface area contributed by atoms with E-state index in [0.717, 1.165) is 16.5 Å². The van der Waals surface area contributed by atoms with E-state index in [1.54, 1.807) is 18.3 Å². The number of ketones is 1. The number of para-hydroxylation sites is 1. The fourth-order valence-electron chi connectivity index (χ4n) is 2.08. The molecule has 0 aliphatic carbocycles. The third-order valence-corrected chi connectivity index (χ3v) is 2.99. The summed E-state index contributed by atoms with van der Waals surface area (Å²) in [6.07, 6.45) is 3.40. The second kappa shape index (κ2) is 4.57. The van der Waals surface area contributed by atoms with Crippen molar-refractivity contribution in [2.45, 2.75) is 6.42 Å². The third-order valence-electron chi connectivity index (χ3n) is 2.99. The fraction of sp³-hybridized carbons (Fsp3) is 0.0667. The number of furan rings is 1. The first-order chi connectivity index (χ1) is 9.24. The quantitative estimate of drug-likeness (QED) is 0.728. The maximum atomic E-state index is 12.3. The van der Waals surface area contributed by atoms with E-state index in [4.69, 9.17) is 10.2 Å². The van der Waals surface area contributed by atoms with Gasteiger partial charge in [0.25, 0.3) is 0 Å². The number of pyridine rings is 1. The predicted molar refractivity (Wildman–Crippen MR) is 72.9 cm³/mol. The van der Waals surface area contributed by atoms with Crippen LogP contribution in [-0.2, 0) is 6.42 Å². The van der Waals surface area contributed by atoms with Crippen molar-refractivity contribution in [1.82, 2.24) is 4.98 Å². The number of aromatic nitrogens is 1. The molecule has 0 spiro atoms. The van der Waals surface area contributed by atoms with Gasteiger partial charge in [-0.25, -0.2) is 4.98 Å². The standard InChI is InChI=1S/C15H12N2O2/c16-15-8-10(5-6-17-15)7-13(18)12-9-19-14-4-2-1-3-11(12)14/h1-6,8-9H,7H2,(H2,16,17). The van der Waals surface area contributed by atoms with E-state index in [1.165, 1.54) is 6.26 Å². The number of fused-ring (bicyclic) bond motifs is 1. The zero-order chi connectivity index (χ0) is 13.2. The van der Waals surface area contributed by atoms with Gasteiger partial charge in [0.1, 0.15) is 17.7 Å². The number of Topliss-reactive ketones (excluding diaryl/α,β-unsaturated/α-hetero) is 1. The average Bonchev–Trinajstić information content (AvgIpc) is 2.82. The topological polar surface area (TPSA) is 69.1 Å². The molecule has 0 aliphatic rings. The molecule has 2 heterocycles. The van der Waals surface area contributed by atoms with Crippen LogP contribution in [0, 0.1) is 0 Å². The molecule has 4 heteroatoms. The van der Waals surface area contributed by atoms with E-state index < -0.39 is 0 Å². The Morgan fingerprint density at radius 2 is 2.11 bits per heavy atom. The van der Waals surface area contributed by atoms with Crippen LogP contribution in [0.3, 0.4) is 0 Å². The van der Waals surface area contributed by atoms with Crippen molar-refractivity contribution >= 4 is 22.6 Å². The summed E-state index contributed by atoms with van der Waals surface area (Å²) >= 11 is 0. The molecular weight excluding hydrogens is 240 g/mol. The lowest BCUT2D eigenvalue weighted by molar-refractivity contribution is 0.0994. The predicted octanol–water partition coefficient (Wildman–Crippen LogP) is 2.84. The van der Waals surface area contributed by atoms with Crippen molar-refractivity contribution in [3.8, 4) is 0 Å². The zero-order valence-electron chi connectivity index (χ0n) is 10.2. The number of nitrogens with two attached hydrogens (primary N) is 1. The van der Waals surface area contributed by atoms with Gasteiger partial charge in [-0.3, -0.25) is 4.79 Å². The van der Waals surface area contributed by atoms with Gasteiger partial charge in [-0.2, -0.15) is 0 Å². The molecule has 0 unspecified atom stereocenters. The lowest BCUT2D eigenvalue weighted by Gasteiger charge is -2.00.